The summed E-state index contributed by atoms with van der Waals surface area (Å²) in [5.41, 5.74) is 2.96. The summed E-state index contributed by atoms with van der Waals surface area (Å²) in [6, 6.07) is 13.1. The summed E-state index contributed by atoms with van der Waals surface area (Å²) in [5, 5.41) is 10.4. The van der Waals surface area contributed by atoms with Gasteiger partial charge in [0.05, 0.1) is 0 Å². The highest BCUT2D eigenvalue weighted by atomic mass is 32.2. The fraction of sp³-hybridized carbons (Fsp3) is 0.342. The summed E-state index contributed by atoms with van der Waals surface area (Å²) in [5.74, 6) is -1.02. The lowest BCUT2D eigenvalue weighted by atomic mass is 9.80. The summed E-state index contributed by atoms with van der Waals surface area (Å²) >= 11 is 0. The minimum atomic E-state index is -1.30. The number of hydrogen-bond donors (Lipinski definition) is 0. The summed E-state index contributed by atoms with van der Waals surface area (Å²) in [7, 11) is -1.30. The molecule has 0 saturated heterocycles. The fourth-order valence-electron chi connectivity index (χ4n) is 7.79. The number of benzene rings is 5. The quantitative estimate of drug-likeness (QED) is 0.109. The first-order chi connectivity index (χ1) is 21.5. The molecule has 0 fully saturated rings. The molecule has 7 rings (SSSR count). The monoisotopic (exact) mass is 618 g/mol. The molecule has 0 bridgehead atoms. The zero-order valence-corrected chi connectivity index (χ0v) is 27.8. The second kappa shape index (κ2) is 10.2. The highest BCUT2D eigenvalue weighted by molar-refractivity contribution is 8.22. The van der Waals surface area contributed by atoms with Crippen molar-refractivity contribution in [2.24, 2.45) is 0 Å². The zero-order valence-electron chi connectivity index (χ0n) is 27.0. The second-order valence-electron chi connectivity index (χ2n) is 13.2. The average Bonchev–Trinajstić information content (AvgIpc) is 3.01. The molecule has 230 valence electrons. The molecule has 0 N–H and O–H groups in total. The van der Waals surface area contributed by atoms with Crippen LogP contribution in [0.2, 0.25) is 0 Å². The smallest absolute Gasteiger partial charge is 0.261 e. The molecule has 4 amide bonds. The van der Waals surface area contributed by atoms with Crippen LogP contribution in [0, 0.1) is 5.18 Å². The van der Waals surface area contributed by atoms with E-state index in [0.29, 0.717) is 58.7 Å². The molecule has 0 aromatic heterocycles. The van der Waals surface area contributed by atoms with Crippen LogP contribution < -0.4 is 0 Å². The average molecular weight is 619 g/mol. The molecule has 0 radical (unpaired) electrons. The maximum Gasteiger partial charge on any atom is 0.261 e. The third-order valence-electron chi connectivity index (χ3n) is 9.83. The molecular formula is C38H38N2O4S. The van der Waals surface area contributed by atoms with Crippen LogP contribution in [-0.2, 0) is 0 Å². The van der Waals surface area contributed by atoms with Gasteiger partial charge in [0, 0.05) is 61.4 Å². The molecule has 5 aromatic carbocycles. The normalized spacial score (nSPS) is 15.3. The Bertz CT molecular complexity index is 2250. The van der Waals surface area contributed by atoms with Crippen LogP contribution in [-0.4, -0.2) is 64.3 Å². The van der Waals surface area contributed by atoms with Crippen LogP contribution in [0.4, 0.5) is 0 Å². The minimum absolute atomic E-state index is 0.169. The lowest BCUT2D eigenvalue weighted by Crippen LogP contribution is -2.46. The van der Waals surface area contributed by atoms with Crippen LogP contribution in [0.15, 0.2) is 42.5 Å². The predicted octanol–water partition coefficient (Wildman–Crippen LogP) is 8.31. The van der Waals surface area contributed by atoms with Gasteiger partial charge in [-0.2, -0.15) is 9.44 Å². The molecule has 2 aliphatic heterocycles. The topological polar surface area (TPSA) is 74.8 Å². The fourth-order valence-corrected chi connectivity index (χ4v) is 8.61. The lowest BCUT2D eigenvalue weighted by Gasteiger charge is -2.34. The van der Waals surface area contributed by atoms with Gasteiger partial charge in [-0.1, -0.05) is 51.1 Å². The van der Waals surface area contributed by atoms with Crippen molar-refractivity contribution >= 4 is 76.2 Å². The predicted molar refractivity (Wildman–Crippen MR) is 186 cm³/mol. The van der Waals surface area contributed by atoms with E-state index in [0.717, 1.165) is 37.9 Å². The van der Waals surface area contributed by atoms with E-state index in [1.54, 1.807) is 0 Å². The Hall–Kier alpha value is -4.19. The van der Waals surface area contributed by atoms with E-state index in [1.807, 2.05) is 70.2 Å². The SMILES string of the molecule is CCC(CC)N1C(=O)c2ccc3c4ccc5c6c(cc(C#S(C)(C)C)c(c7ccc(c2c37)C1=O)c64)C(=O)N(C(CC)CC)C5=O. The third-order valence-corrected chi connectivity index (χ3v) is 10.7. The van der Waals surface area contributed by atoms with E-state index in [1.165, 1.54) is 9.80 Å². The molecule has 0 spiro atoms. The maximum atomic E-state index is 14.2. The van der Waals surface area contributed by atoms with Crippen molar-refractivity contribution < 1.29 is 19.2 Å². The van der Waals surface area contributed by atoms with Gasteiger partial charge >= 0.3 is 0 Å². The van der Waals surface area contributed by atoms with Crippen molar-refractivity contribution in [2.45, 2.75) is 65.5 Å². The highest BCUT2D eigenvalue weighted by Gasteiger charge is 2.40. The maximum absolute atomic E-state index is 14.2. The van der Waals surface area contributed by atoms with Crippen LogP contribution >= 0.6 is 9.44 Å². The number of fused-ring (bicyclic) bond motifs is 2. The van der Waals surface area contributed by atoms with Crippen LogP contribution in [0.25, 0.3) is 43.1 Å². The van der Waals surface area contributed by atoms with Gasteiger partial charge < -0.3 is 0 Å². The molecule has 0 saturated carbocycles. The van der Waals surface area contributed by atoms with Crippen LogP contribution in [0.3, 0.4) is 0 Å². The van der Waals surface area contributed by atoms with Crippen molar-refractivity contribution in [3.05, 3.63) is 70.3 Å². The number of nitrogens with zero attached hydrogens (tertiary/aromatic N) is 2. The molecule has 6 nitrogen and oxygen atoms in total. The molecule has 0 atom stereocenters. The first-order valence-electron chi connectivity index (χ1n) is 15.9. The van der Waals surface area contributed by atoms with Crippen molar-refractivity contribution in [1.29, 1.82) is 0 Å². The van der Waals surface area contributed by atoms with Gasteiger partial charge in [-0.05, 0) is 90.3 Å². The van der Waals surface area contributed by atoms with Gasteiger partial charge in [0.25, 0.3) is 23.6 Å². The van der Waals surface area contributed by atoms with E-state index in [-0.39, 0.29) is 35.7 Å². The summed E-state index contributed by atoms with van der Waals surface area (Å²) in [6.45, 7) is 8.03. The van der Waals surface area contributed by atoms with Crippen molar-refractivity contribution in [3.63, 3.8) is 0 Å². The second-order valence-corrected chi connectivity index (χ2v) is 17.0. The van der Waals surface area contributed by atoms with Gasteiger partial charge in [0.1, 0.15) is 0 Å². The summed E-state index contributed by atoms with van der Waals surface area (Å²) in [6.07, 6.45) is 9.23. The van der Waals surface area contributed by atoms with Crippen LogP contribution in [0.1, 0.15) is 100 Å². The highest BCUT2D eigenvalue weighted by Crippen LogP contribution is 2.48. The number of rotatable bonds is 6. The van der Waals surface area contributed by atoms with E-state index >= 15 is 0 Å². The van der Waals surface area contributed by atoms with Gasteiger partial charge in [0.15, 0.2) is 0 Å². The first kappa shape index (κ1) is 29.5. The van der Waals surface area contributed by atoms with Crippen molar-refractivity contribution in [1.82, 2.24) is 9.80 Å². The van der Waals surface area contributed by atoms with Gasteiger partial charge in [-0.25, -0.2) is 0 Å². The van der Waals surface area contributed by atoms with Gasteiger partial charge in [0.2, 0.25) is 0 Å². The molecular weight excluding hydrogens is 580 g/mol. The first-order valence-corrected chi connectivity index (χ1v) is 18.8. The lowest BCUT2D eigenvalue weighted by molar-refractivity contribution is 0.0514. The molecule has 45 heavy (non-hydrogen) atoms. The third kappa shape index (κ3) is 3.96. The van der Waals surface area contributed by atoms with E-state index in [4.69, 9.17) is 0 Å². The number of amides is 4. The largest absolute Gasteiger partial charge is 0.271 e. The Morgan fingerprint density at radius 2 is 0.933 bits per heavy atom. The van der Waals surface area contributed by atoms with Gasteiger partial charge in [-0.3, -0.25) is 29.0 Å². The molecule has 5 aromatic rings. The number of hydrogen-bond acceptors (Lipinski definition) is 4. The van der Waals surface area contributed by atoms with Crippen molar-refractivity contribution in [3.8, 4) is 5.18 Å². The molecule has 0 aliphatic carbocycles. The van der Waals surface area contributed by atoms with E-state index in [9.17, 15) is 19.2 Å². The zero-order chi connectivity index (χ0) is 32.1. The summed E-state index contributed by atoms with van der Waals surface area (Å²) in [4.78, 5) is 59.0. The Labute approximate surface area is 264 Å². The molecule has 2 aliphatic rings. The van der Waals surface area contributed by atoms with E-state index in [2.05, 4.69) is 24.0 Å². The molecule has 2 heterocycles. The van der Waals surface area contributed by atoms with Crippen LogP contribution in [0.5, 0.6) is 0 Å². The molecule has 7 heteroatoms. The Kier molecular flexibility index (Phi) is 6.67. The van der Waals surface area contributed by atoms with E-state index < -0.39 is 9.44 Å². The number of imide groups is 2. The molecule has 0 unspecified atom stereocenters. The number of carbonyl (C=O) groups is 4. The van der Waals surface area contributed by atoms with Gasteiger partial charge in [-0.15, -0.1) is 0 Å². The van der Waals surface area contributed by atoms with Crippen molar-refractivity contribution in [2.75, 3.05) is 18.8 Å². The standard InChI is InChI=1S/C38H38N2O4S/c1-8-21(9-2)39-35(41)26-15-12-23-24-13-16-28-33-29(38(44)40(37(28)43)22(10-3)11-4)18-20(19-45(5,6)7)30(34(24)33)25-14-17-27(36(39)42)32(26)31(23)25/h12-18,21-22H,8-11H2,1-7H3. The Morgan fingerprint density at radius 1 is 0.533 bits per heavy atom. The number of carbonyl (C=O) groups excluding carboxylic acids is 4. The Balaban J connectivity index is 1.67. The summed E-state index contributed by atoms with van der Waals surface area (Å²) < 4.78 is 0. The minimum Gasteiger partial charge on any atom is -0.271 e. The Morgan fingerprint density at radius 3 is 1.38 bits per heavy atom.